The van der Waals surface area contributed by atoms with Crippen molar-refractivity contribution in [2.24, 2.45) is 11.8 Å². The maximum absolute atomic E-state index is 10.3. The molecule has 11 nitrogen and oxygen atoms in total. The van der Waals surface area contributed by atoms with Crippen LogP contribution >= 0.6 is 0 Å². The van der Waals surface area contributed by atoms with Crippen LogP contribution in [0.3, 0.4) is 0 Å². The van der Waals surface area contributed by atoms with Crippen molar-refractivity contribution >= 4 is 0 Å². The molecular weight excluding hydrogens is 500 g/mol. The van der Waals surface area contributed by atoms with Crippen molar-refractivity contribution in [2.75, 3.05) is 41.2 Å². The molecular formula is C27H34O11. The van der Waals surface area contributed by atoms with E-state index in [2.05, 4.69) is 0 Å². The Morgan fingerprint density at radius 2 is 1.24 bits per heavy atom. The average Bonchev–Trinajstić information content (AvgIpc) is 3.55. The van der Waals surface area contributed by atoms with Crippen LogP contribution in [0.25, 0.3) is 0 Å². The van der Waals surface area contributed by atoms with Gasteiger partial charge in [0, 0.05) is 11.8 Å². The van der Waals surface area contributed by atoms with Gasteiger partial charge >= 0.3 is 0 Å². The van der Waals surface area contributed by atoms with Crippen LogP contribution in [0.2, 0.25) is 0 Å². The fourth-order valence-corrected chi connectivity index (χ4v) is 5.51. The van der Waals surface area contributed by atoms with E-state index >= 15 is 0 Å². The summed E-state index contributed by atoms with van der Waals surface area (Å²) in [4.78, 5) is 0. The van der Waals surface area contributed by atoms with Gasteiger partial charge in [-0.1, -0.05) is 12.1 Å². The van der Waals surface area contributed by atoms with Gasteiger partial charge in [-0.05, 0) is 35.4 Å². The highest BCUT2D eigenvalue weighted by molar-refractivity contribution is 5.45. The first kappa shape index (κ1) is 26.9. The van der Waals surface area contributed by atoms with Crippen LogP contribution in [0.1, 0.15) is 23.3 Å². The van der Waals surface area contributed by atoms with E-state index in [1.165, 1.54) is 7.11 Å². The molecule has 3 heterocycles. The van der Waals surface area contributed by atoms with Crippen molar-refractivity contribution < 1.29 is 53.6 Å². The molecule has 0 bridgehead atoms. The Hall–Kier alpha value is -2.64. The predicted octanol–water partition coefficient (Wildman–Crippen LogP) is 0.966. The first-order valence-corrected chi connectivity index (χ1v) is 12.5. The Labute approximate surface area is 220 Å². The molecule has 2 aromatic carbocycles. The third kappa shape index (κ3) is 4.79. The van der Waals surface area contributed by atoms with Gasteiger partial charge < -0.3 is 53.6 Å². The number of aliphatic hydroxyl groups excluding tert-OH is 4. The second-order valence-corrected chi connectivity index (χ2v) is 9.68. The summed E-state index contributed by atoms with van der Waals surface area (Å²) in [7, 11) is 4.69. The molecule has 208 valence electrons. The number of ether oxygens (including phenoxy) is 7. The monoisotopic (exact) mass is 534 g/mol. The molecule has 3 aliphatic heterocycles. The Morgan fingerprint density at radius 3 is 1.76 bits per heavy atom. The number of hydrogen-bond acceptors (Lipinski definition) is 11. The highest BCUT2D eigenvalue weighted by Gasteiger charge is 2.49. The molecule has 11 heteroatoms. The van der Waals surface area contributed by atoms with Crippen LogP contribution in [0.5, 0.6) is 23.0 Å². The van der Waals surface area contributed by atoms with E-state index in [4.69, 9.17) is 33.2 Å². The zero-order valence-corrected chi connectivity index (χ0v) is 21.4. The van der Waals surface area contributed by atoms with Crippen molar-refractivity contribution in [1.29, 1.82) is 0 Å². The number of fused-ring (bicyclic) bond motifs is 1. The maximum atomic E-state index is 10.3. The summed E-state index contributed by atoms with van der Waals surface area (Å²) in [6.45, 7) is 0.508. The van der Waals surface area contributed by atoms with Crippen molar-refractivity contribution in [2.45, 2.75) is 42.9 Å². The minimum absolute atomic E-state index is 0.120. The number of hydrogen-bond donors (Lipinski definition) is 4. The molecule has 0 saturated carbocycles. The second-order valence-electron chi connectivity index (χ2n) is 9.68. The van der Waals surface area contributed by atoms with Crippen LogP contribution in [0, 0.1) is 11.8 Å². The lowest BCUT2D eigenvalue weighted by molar-refractivity contribution is -0.277. The van der Waals surface area contributed by atoms with Crippen LogP contribution in [-0.2, 0) is 14.2 Å². The Kier molecular flexibility index (Phi) is 7.96. The largest absolute Gasteiger partial charge is 0.493 e. The first-order valence-electron chi connectivity index (χ1n) is 12.5. The molecule has 2 aromatic rings. The third-order valence-electron chi connectivity index (χ3n) is 7.61. The van der Waals surface area contributed by atoms with Crippen molar-refractivity contribution in [3.63, 3.8) is 0 Å². The molecule has 38 heavy (non-hydrogen) atoms. The van der Waals surface area contributed by atoms with E-state index in [0.717, 1.165) is 11.1 Å². The molecule has 8 unspecified atom stereocenters. The topological polar surface area (TPSA) is 146 Å². The molecule has 0 aromatic heterocycles. The van der Waals surface area contributed by atoms with Gasteiger partial charge in [-0.3, -0.25) is 0 Å². The van der Waals surface area contributed by atoms with Crippen LogP contribution in [0.4, 0.5) is 0 Å². The van der Waals surface area contributed by atoms with Crippen molar-refractivity contribution in [3.05, 3.63) is 47.5 Å². The molecule has 4 N–H and O–H groups in total. The highest BCUT2D eigenvalue weighted by atomic mass is 16.7. The molecule has 0 radical (unpaired) electrons. The van der Waals surface area contributed by atoms with Gasteiger partial charge in [0.2, 0.25) is 6.29 Å². The van der Waals surface area contributed by atoms with Crippen LogP contribution < -0.4 is 18.9 Å². The van der Waals surface area contributed by atoms with Crippen LogP contribution in [-0.4, -0.2) is 92.3 Å². The SMILES string of the molecule is COc1ccc(C2OCC3C2CO[C@@H]3c2ccc(OC3OC(CO)C(O)C(O)C3O)c(OC)c2)cc1OC. The zero-order valence-electron chi connectivity index (χ0n) is 21.4. The van der Waals surface area contributed by atoms with Crippen molar-refractivity contribution in [3.8, 4) is 23.0 Å². The number of rotatable bonds is 8. The first-order chi connectivity index (χ1) is 18.4. The van der Waals surface area contributed by atoms with E-state index in [-0.39, 0.29) is 29.8 Å². The van der Waals surface area contributed by atoms with Crippen molar-refractivity contribution in [1.82, 2.24) is 0 Å². The third-order valence-corrected chi connectivity index (χ3v) is 7.61. The van der Waals surface area contributed by atoms with Gasteiger partial charge in [0.15, 0.2) is 23.0 Å². The molecule has 0 spiro atoms. The number of aliphatic hydroxyl groups is 4. The smallest absolute Gasteiger partial charge is 0.229 e. The molecule has 0 amide bonds. The van der Waals surface area contributed by atoms with Gasteiger partial charge in [0.25, 0.3) is 0 Å². The van der Waals surface area contributed by atoms with E-state index in [1.54, 1.807) is 26.4 Å². The summed E-state index contributed by atoms with van der Waals surface area (Å²) >= 11 is 0. The quantitative estimate of drug-likeness (QED) is 0.384. The van der Waals surface area contributed by atoms with E-state index in [0.29, 0.717) is 30.5 Å². The molecule has 3 saturated heterocycles. The molecule has 0 aliphatic carbocycles. The lowest BCUT2D eigenvalue weighted by Crippen LogP contribution is -2.60. The molecule has 5 rings (SSSR count). The van der Waals surface area contributed by atoms with Gasteiger partial charge in [-0.15, -0.1) is 0 Å². The normalized spacial score (nSPS) is 34.6. The Bertz CT molecular complexity index is 1110. The van der Waals surface area contributed by atoms with E-state index in [1.807, 2.05) is 24.3 Å². The fourth-order valence-electron chi connectivity index (χ4n) is 5.51. The second kappa shape index (κ2) is 11.2. The minimum Gasteiger partial charge on any atom is -0.493 e. The summed E-state index contributed by atoms with van der Waals surface area (Å²) in [6, 6.07) is 11.1. The standard InChI is InChI=1S/C27H34O11/c1-32-17-6-4-13(8-19(17)33-2)25-15-11-36-26(16(15)12-35-25)14-5-7-18(20(9-14)34-3)37-27-24(31)23(30)22(29)21(10-28)38-27/h4-9,15-16,21-31H,10-12H2,1-3H3/t15?,16?,21?,22?,23?,24?,25?,26-,27?/m1/s1. The molecule has 3 aliphatic rings. The Balaban J connectivity index is 1.31. The van der Waals surface area contributed by atoms with Gasteiger partial charge in [0.05, 0.1) is 53.4 Å². The van der Waals surface area contributed by atoms with Gasteiger partial charge in [0.1, 0.15) is 24.4 Å². The maximum Gasteiger partial charge on any atom is 0.229 e. The highest BCUT2D eigenvalue weighted by Crippen LogP contribution is 2.51. The molecule has 3 fully saturated rings. The summed E-state index contributed by atoms with van der Waals surface area (Å²) in [6.07, 6.45) is -7.29. The Morgan fingerprint density at radius 1 is 0.711 bits per heavy atom. The zero-order chi connectivity index (χ0) is 27.0. The van der Waals surface area contributed by atoms with E-state index < -0.39 is 37.3 Å². The minimum atomic E-state index is -1.54. The van der Waals surface area contributed by atoms with Gasteiger partial charge in [-0.25, -0.2) is 0 Å². The summed E-state index contributed by atoms with van der Waals surface area (Å²) in [5.74, 6) is 2.21. The summed E-state index contributed by atoms with van der Waals surface area (Å²) < 4.78 is 40.1. The summed E-state index contributed by atoms with van der Waals surface area (Å²) in [5.41, 5.74) is 1.88. The fraction of sp³-hybridized carbons (Fsp3) is 0.556. The van der Waals surface area contributed by atoms with E-state index in [9.17, 15) is 20.4 Å². The average molecular weight is 535 g/mol. The van der Waals surface area contributed by atoms with Crippen LogP contribution in [0.15, 0.2) is 36.4 Å². The lowest BCUT2D eigenvalue weighted by atomic mass is 9.85. The lowest BCUT2D eigenvalue weighted by Gasteiger charge is -2.39. The number of benzene rings is 2. The molecule has 9 atom stereocenters. The van der Waals surface area contributed by atoms with Gasteiger partial charge in [-0.2, -0.15) is 0 Å². The predicted molar refractivity (Wildman–Crippen MR) is 131 cm³/mol. The number of methoxy groups -OCH3 is 3. The summed E-state index contributed by atoms with van der Waals surface area (Å²) in [5, 5.41) is 39.8.